The van der Waals surface area contributed by atoms with Gasteiger partial charge in [0.15, 0.2) is 7.14 Å². The number of aromatic hydroxyl groups is 1. The van der Waals surface area contributed by atoms with Crippen LogP contribution < -0.4 is 21.2 Å². The Morgan fingerprint density at radius 2 is 1.22 bits per heavy atom. The molecule has 0 aromatic heterocycles. The summed E-state index contributed by atoms with van der Waals surface area (Å²) >= 11 is 0. The molecule has 0 heterocycles. The molecule has 4 aromatic rings. The summed E-state index contributed by atoms with van der Waals surface area (Å²) in [6.45, 7) is 13.3. The maximum atomic E-state index is 15.0. The maximum absolute atomic E-state index is 15.0. The van der Waals surface area contributed by atoms with Gasteiger partial charge in [0.2, 0.25) is 0 Å². The Labute approximate surface area is 222 Å². The second-order valence-electron chi connectivity index (χ2n) is 11.7. The Hall–Kier alpha value is -3.29. The second kappa shape index (κ2) is 10.2. The molecule has 0 bridgehead atoms. The van der Waals surface area contributed by atoms with Crippen molar-refractivity contribution >= 4 is 28.7 Å². The van der Waals surface area contributed by atoms with Crippen molar-refractivity contribution in [2.75, 3.05) is 5.32 Å². The van der Waals surface area contributed by atoms with Crippen LogP contribution in [-0.2, 0) is 21.9 Å². The average Bonchev–Trinajstić information content (AvgIpc) is 2.87. The first-order valence-electron chi connectivity index (χ1n) is 12.8. The molecule has 0 unspecified atom stereocenters. The lowest BCUT2D eigenvalue weighted by atomic mass is 9.79. The number of benzene rings is 4. The van der Waals surface area contributed by atoms with Gasteiger partial charge in [-0.3, -0.25) is 0 Å². The van der Waals surface area contributed by atoms with Gasteiger partial charge in [-0.15, -0.1) is 0 Å². The normalized spacial score (nSPS) is 12.4. The maximum Gasteiger partial charge on any atom is 0.173 e. The van der Waals surface area contributed by atoms with Gasteiger partial charge in [0.05, 0.1) is 0 Å². The van der Waals surface area contributed by atoms with Crippen LogP contribution in [0.1, 0.15) is 58.2 Å². The summed E-state index contributed by atoms with van der Waals surface area (Å²) in [6.07, 6.45) is 0. The second-order valence-corrected chi connectivity index (χ2v) is 14.4. The van der Waals surface area contributed by atoms with E-state index in [1.807, 2.05) is 84.9 Å². The van der Waals surface area contributed by atoms with Crippen molar-refractivity contribution in [2.45, 2.75) is 58.9 Å². The SMILES string of the molecule is CC(C)(C)c1cc(CNc2ccccc2P(=O)(c2ccccc2)c2ccccc2)c(O)c(C(C)(C)C)c1. The summed E-state index contributed by atoms with van der Waals surface area (Å²) in [6, 6.07) is 31.5. The molecule has 0 saturated carbocycles. The number of hydrogen-bond acceptors (Lipinski definition) is 3. The van der Waals surface area contributed by atoms with Gasteiger partial charge >= 0.3 is 0 Å². The Morgan fingerprint density at radius 1 is 0.703 bits per heavy atom. The first-order chi connectivity index (χ1) is 17.4. The number of rotatable bonds is 6. The van der Waals surface area contributed by atoms with Crippen molar-refractivity contribution in [3.8, 4) is 5.75 Å². The first kappa shape index (κ1) is 26.8. The minimum Gasteiger partial charge on any atom is -0.507 e. The van der Waals surface area contributed by atoms with Crippen LogP contribution in [-0.4, -0.2) is 5.11 Å². The summed E-state index contributed by atoms with van der Waals surface area (Å²) in [5, 5.41) is 17.2. The number of phenols is 1. The smallest absolute Gasteiger partial charge is 0.173 e. The van der Waals surface area contributed by atoms with E-state index < -0.39 is 7.14 Å². The molecule has 0 spiro atoms. The fourth-order valence-electron chi connectivity index (χ4n) is 4.63. The third-order valence-corrected chi connectivity index (χ3v) is 9.93. The molecule has 4 aromatic carbocycles. The number of phenolic OH excluding ortho intramolecular Hbond substituents is 1. The molecule has 0 aliphatic heterocycles. The molecule has 4 heteroatoms. The van der Waals surface area contributed by atoms with Crippen LogP contribution in [0.5, 0.6) is 5.75 Å². The molecular weight excluding hydrogens is 473 g/mol. The van der Waals surface area contributed by atoms with E-state index in [1.54, 1.807) is 0 Å². The highest BCUT2D eigenvalue weighted by Crippen LogP contribution is 2.45. The topological polar surface area (TPSA) is 49.3 Å². The van der Waals surface area contributed by atoms with Crippen molar-refractivity contribution < 1.29 is 9.67 Å². The molecule has 3 nitrogen and oxygen atoms in total. The predicted octanol–water partition coefficient (Wildman–Crippen LogP) is 7.24. The molecular formula is C33H38NO2P. The summed E-state index contributed by atoms with van der Waals surface area (Å²) < 4.78 is 15.0. The van der Waals surface area contributed by atoms with Crippen molar-refractivity contribution in [3.63, 3.8) is 0 Å². The lowest BCUT2D eigenvalue weighted by Gasteiger charge is -2.28. The largest absolute Gasteiger partial charge is 0.507 e. The molecule has 37 heavy (non-hydrogen) atoms. The Bertz CT molecular complexity index is 1370. The van der Waals surface area contributed by atoms with E-state index in [2.05, 4.69) is 59.0 Å². The van der Waals surface area contributed by atoms with E-state index >= 15 is 0 Å². The zero-order chi connectivity index (χ0) is 26.8. The van der Waals surface area contributed by atoms with Crippen molar-refractivity contribution in [2.24, 2.45) is 0 Å². The van der Waals surface area contributed by atoms with Crippen LogP contribution in [0.25, 0.3) is 0 Å². The molecule has 0 amide bonds. The molecule has 4 rings (SSSR count). The van der Waals surface area contributed by atoms with Gasteiger partial charge in [0, 0.05) is 33.7 Å². The molecule has 0 saturated heterocycles. The van der Waals surface area contributed by atoms with E-state index in [-0.39, 0.29) is 10.8 Å². The van der Waals surface area contributed by atoms with E-state index in [0.717, 1.165) is 32.7 Å². The van der Waals surface area contributed by atoms with Gasteiger partial charge in [-0.2, -0.15) is 0 Å². The van der Waals surface area contributed by atoms with Crippen LogP contribution >= 0.6 is 7.14 Å². The summed E-state index contributed by atoms with van der Waals surface area (Å²) in [7, 11) is -3.14. The highest BCUT2D eigenvalue weighted by atomic mass is 31.2. The zero-order valence-electron chi connectivity index (χ0n) is 22.7. The van der Waals surface area contributed by atoms with E-state index in [0.29, 0.717) is 12.3 Å². The molecule has 0 aliphatic rings. The molecule has 2 N–H and O–H groups in total. The highest BCUT2D eigenvalue weighted by molar-refractivity contribution is 7.85. The average molecular weight is 512 g/mol. The first-order valence-corrected chi connectivity index (χ1v) is 14.5. The number of hydrogen-bond donors (Lipinski definition) is 2. The summed E-state index contributed by atoms with van der Waals surface area (Å²) in [5.74, 6) is 0.319. The number of anilines is 1. The van der Waals surface area contributed by atoms with Crippen LogP contribution in [0.4, 0.5) is 5.69 Å². The fourth-order valence-corrected chi connectivity index (χ4v) is 7.45. The Balaban J connectivity index is 1.81. The monoisotopic (exact) mass is 511 g/mol. The van der Waals surface area contributed by atoms with Crippen molar-refractivity contribution in [3.05, 3.63) is 114 Å². The quantitative estimate of drug-likeness (QED) is 0.268. The van der Waals surface area contributed by atoms with Gasteiger partial charge < -0.3 is 15.0 Å². The lowest BCUT2D eigenvalue weighted by molar-refractivity contribution is 0.439. The number of para-hydroxylation sites is 1. The molecule has 0 aliphatic carbocycles. The van der Waals surface area contributed by atoms with E-state index in [9.17, 15) is 9.67 Å². The van der Waals surface area contributed by atoms with Crippen LogP contribution in [0.2, 0.25) is 0 Å². The molecule has 192 valence electrons. The zero-order valence-corrected chi connectivity index (χ0v) is 23.6. The fraction of sp³-hybridized carbons (Fsp3) is 0.273. The minimum absolute atomic E-state index is 0.0588. The van der Waals surface area contributed by atoms with Gasteiger partial charge in [-0.25, -0.2) is 0 Å². The molecule has 0 radical (unpaired) electrons. The highest BCUT2D eigenvalue weighted by Gasteiger charge is 2.32. The van der Waals surface area contributed by atoms with Crippen LogP contribution in [0.3, 0.4) is 0 Å². The van der Waals surface area contributed by atoms with E-state index in [4.69, 9.17) is 0 Å². The molecule has 0 atom stereocenters. The predicted molar refractivity (Wildman–Crippen MR) is 159 cm³/mol. The van der Waals surface area contributed by atoms with Crippen molar-refractivity contribution in [1.29, 1.82) is 0 Å². The number of nitrogens with one attached hydrogen (secondary N) is 1. The third-order valence-electron chi connectivity index (χ3n) is 6.82. The lowest BCUT2D eigenvalue weighted by Crippen LogP contribution is -2.27. The van der Waals surface area contributed by atoms with Crippen LogP contribution in [0.15, 0.2) is 97.1 Å². The van der Waals surface area contributed by atoms with Gasteiger partial charge in [-0.1, -0.05) is 120 Å². The summed E-state index contributed by atoms with van der Waals surface area (Å²) in [4.78, 5) is 0. The van der Waals surface area contributed by atoms with Gasteiger partial charge in [0.25, 0.3) is 0 Å². The van der Waals surface area contributed by atoms with Gasteiger partial charge in [-0.05, 0) is 40.2 Å². The van der Waals surface area contributed by atoms with E-state index in [1.165, 1.54) is 5.56 Å². The minimum atomic E-state index is -3.14. The van der Waals surface area contributed by atoms with Gasteiger partial charge in [0.1, 0.15) is 5.75 Å². The third kappa shape index (κ3) is 5.53. The Morgan fingerprint density at radius 3 is 1.73 bits per heavy atom. The van der Waals surface area contributed by atoms with Crippen molar-refractivity contribution in [1.82, 2.24) is 0 Å². The Kier molecular flexibility index (Phi) is 7.40. The standard InChI is InChI=1S/C33H38NO2P/c1-32(2,3)25-21-24(31(35)28(22-25)33(4,5)6)23-34-29-19-13-14-20-30(29)37(36,26-15-9-7-10-16-26)27-17-11-8-12-18-27/h7-22,34-35H,23H2,1-6H3. The molecule has 0 fully saturated rings. The van der Waals surface area contributed by atoms with Crippen LogP contribution in [0, 0.1) is 0 Å². The summed E-state index contributed by atoms with van der Waals surface area (Å²) in [5.41, 5.74) is 3.49.